The summed E-state index contributed by atoms with van der Waals surface area (Å²) in [6, 6.07) is 14.5. The van der Waals surface area contributed by atoms with Crippen molar-refractivity contribution >= 4 is 22.8 Å². The predicted octanol–water partition coefficient (Wildman–Crippen LogP) is 3.03. The topological polar surface area (TPSA) is 103 Å². The summed E-state index contributed by atoms with van der Waals surface area (Å²) in [7, 11) is 0. The zero-order valence-corrected chi connectivity index (χ0v) is 14.2. The number of benzene rings is 2. The summed E-state index contributed by atoms with van der Waals surface area (Å²) in [6.45, 7) is 1.58. The Labute approximate surface area is 150 Å². The van der Waals surface area contributed by atoms with E-state index in [1.165, 1.54) is 0 Å². The molecule has 2 aromatic carbocycles. The van der Waals surface area contributed by atoms with Crippen molar-refractivity contribution in [2.75, 3.05) is 6.61 Å². The molecule has 0 aliphatic carbocycles. The first kappa shape index (κ1) is 17.4. The van der Waals surface area contributed by atoms with Gasteiger partial charge in [-0.1, -0.05) is 25.1 Å². The fourth-order valence-corrected chi connectivity index (χ4v) is 2.76. The number of aryl methyl sites for hydroxylation is 1. The van der Waals surface area contributed by atoms with Crippen molar-refractivity contribution in [2.24, 2.45) is 5.73 Å². The normalized spacial score (nSPS) is 10.7. The summed E-state index contributed by atoms with van der Waals surface area (Å²) in [5.74, 6) is -1.38. The van der Waals surface area contributed by atoms with E-state index in [1.54, 1.807) is 24.3 Å². The Bertz CT molecular complexity index is 998. The molecule has 132 valence electrons. The van der Waals surface area contributed by atoms with E-state index in [0.29, 0.717) is 11.1 Å². The molecule has 3 N–H and O–H groups in total. The summed E-state index contributed by atoms with van der Waals surface area (Å²) < 4.78 is 5.27. The summed E-state index contributed by atoms with van der Waals surface area (Å²) in [5, 5.41) is 9.73. The summed E-state index contributed by atoms with van der Waals surface area (Å²) in [5.41, 5.74) is 9.19. The maximum absolute atomic E-state index is 11.5. The van der Waals surface area contributed by atoms with Crippen LogP contribution in [-0.4, -0.2) is 28.6 Å². The van der Waals surface area contributed by atoms with Gasteiger partial charge in [0.05, 0.1) is 5.52 Å². The number of nitrogens with two attached hydrogens (primary N) is 1. The molecule has 0 atom stereocenters. The van der Waals surface area contributed by atoms with Gasteiger partial charge in [-0.05, 0) is 47.4 Å². The highest BCUT2D eigenvalue weighted by molar-refractivity contribution is 5.98. The van der Waals surface area contributed by atoms with Crippen LogP contribution < -0.4 is 10.5 Å². The number of carboxylic acid groups (broad SMARTS) is 1. The Hall–Kier alpha value is -3.41. The molecular formula is C20H18N2O4. The highest BCUT2D eigenvalue weighted by Crippen LogP contribution is 2.32. The number of carboxylic acids is 1. The van der Waals surface area contributed by atoms with Crippen LogP contribution in [0.4, 0.5) is 0 Å². The average molecular weight is 350 g/mol. The summed E-state index contributed by atoms with van der Waals surface area (Å²) >= 11 is 0. The fraction of sp³-hybridized carbons (Fsp3) is 0.150. The van der Waals surface area contributed by atoms with Crippen LogP contribution in [0, 0.1) is 0 Å². The average Bonchev–Trinajstić information content (AvgIpc) is 2.65. The van der Waals surface area contributed by atoms with Gasteiger partial charge in [0.15, 0.2) is 6.61 Å². The van der Waals surface area contributed by atoms with E-state index in [2.05, 4.69) is 11.9 Å². The molecule has 1 heterocycles. The monoisotopic (exact) mass is 350 g/mol. The number of rotatable bonds is 6. The summed E-state index contributed by atoms with van der Waals surface area (Å²) in [4.78, 5) is 26.7. The van der Waals surface area contributed by atoms with Crippen LogP contribution in [-0.2, 0) is 11.2 Å². The summed E-state index contributed by atoms with van der Waals surface area (Å²) in [6.07, 6.45) is 0.869. The second-order valence-electron chi connectivity index (χ2n) is 5.84. The number of aromatic nitrogens is 1. The van der Waals surface area contributed by atoms with Gasteiger partial charge < -0.3 is 15.6 Å². The molecule has 0 spiro atoms. The molecule has 6 heteroatoms. The zero-order valence-electron chi connectivity index (χ0n) is 14.2. The van der Waals surface area contributed by atoms with E-state index in [-0.39, 0.29) is 5.88 Å². The van der Waals surface area contributed by atoms with E-state index in [1.807, 2.05) is 24.3 Å². The molecule has 0 saturated carbocycles. The highest BCUT2D eigenvalue weighted by atomic mass is 16.5. The molecule has 0 unspecified atom stereocenters. The van der Waals surface area contributed by atoms with Crippen LogP contribution in [0.25, 0.3) is 22.0 Å². The standard InChI is InChI=1S/C20H18N2O4/c1-2-12-6-7-17-16(8-12)15(10-18(22-17)26-11-19(23)24)13-4-3-5-14(9-13)20(21)25/h3-10H,2,11H2,1H3,(H2,21,25)(H,23,24). The number of carbonyl (C=O) groups excluding carboxylic acids is 1. The first-order chi connectivity index (χ1) is 12.5. The molecule has 0 fully saturated rings. The van der Waals surface area contributed by atoms with Crippen LogP contribution in [0.15, 0.2) is 48.5 Å². The molecule has 3 rings (SSSR count). The number of pyridine rings is 1. The van der Waals surface area contributed by atoms with Crippen molar-refractivity contribution in [1.82, 2.24) is 4.98 Å². The van der Waals surface area contributed by atoms with Crippen LogP contribution in [0.3, 0.4) is 0 Å². The maximum Gasteiger partial charge on any atom is 0.341 e. The molecule has 0 aliphatic heterocycles. The largest absolute Gasteiger partial charge is 0.479 e. The van der Waals surface area contributed by atoms with Gasteiger partial charge in [0.2, 0.25) is 11.8 Å². The van der Waals surface area contributed by atoms with Gasteiger partial charge in [-0.15, -0.1) is 0 Å². The molecule has 26 heavy (non-hydrogen) atoms. The molecule has 0 saturated heterocycles. The van der Waals surface area contributed by atoms with E-state index in [9.17, 15) is 9.59 Å². The molecule has 0 radical (unpaired) electrons. The van der Waals surface area contributed by atoms with Crippen molar-refractivity contribution in [2.45, 2.75) is 13.3 Å². The van der Waals surface area contributed by atoms with Crippen molar-refractivity contribution < 1.29 is 19.4 Å². The number of aliphatic carboxylic acids is 1. The lowest BCUT2D eigenvalue weighted by atomic mass is 9.97. The number of hydrogen-bond donors (Lipinski definition) is 2. The Balaban J connectivity index is 2.20. The lowest BCUT2D eigenvalue weighted by Crippen LogP contribution is -2.11. The minimum Gasteiger partial charge on any atom is -0.479 e. The van der Waals surface area contributed by atoms with Crippen molar-refractivity contribution in [1.29, 1.82) is 0 Å². The minimum atomic E-state index is -1.08. The third-order valence-corrected chi connectivity index (χ3v) is 4.06. The van der Waals surface area contributed by atoms with Crippen LogP contribution in [0.2, 0.25) is 0 Å². The van der Waals surface area contributed by atoms with Crippen LogP contribution in [0.1, 0.15) is 22.8 Å². The quantitative estimate of drug-likeness (QED) is 0.711. The van der Waals surface area contributed by atoms with E-state index >= 15 is 0 Å². The number of carbonyl (C=O) groups is 2. The van der Waals surface area contributed by atoms with Crippen molar-refractivity contribution in [3.8, 4) is 17.0 Å². The second kappa shape index (κ2) is 7.23. The van der Waals surface area contributed by atoms with Gasteiger partial charge in [0.25, 0.3) is 0 Å². The third-order valence-electron chi connectivity index (χ3n) is 4.06. The third kappa shape index (κ3) is 3.64. The van der Waals surface area contributed by atoms with Crippen LogP contribution in [0.5, 0.6) is 5.88 Å². The van der Waals surface area contributed by atoms with Gasteiger partial charge in [0.1, 0.15) is 0 Å². The molecule has 1 aromatic heterocycles. The highest BCUT2D eigenvalue weighted by Gasteiger charge is 2.12. The molecule has 3 aromatic rings. The molecule has 6 nitrogen and oxygen atoms in total. The lowest BCUT2D eigenvalue weighted by Gasteiger charge is -2.12. The van der Waals surface area contributed by atoms with Crippen molar-refractivity contribution in [3.63, 3.8) is 0 Å². The number of fused-ring (bicyclic) bond motifs is 1. The van der Waals surface area contributed by atoms with E-state index in [4.69, 9.17) is 15.6 Å². The first-order valence-corrected chi connectivity index (χ1v) is 8.16. The number of primary amides is 1. The Kier molecular flexibility index (Phi) is 4.84. The maximum atomic E-state index is 11.5. The van der Waals surface area contributed by atoms with Gasteiger partial charge in [-0.25, -0.2) is 9.78 Å². The predicted molar refractivity (Wildman–Crippen MR) is 98.2 cm³/mol. The van der Waals surface area contributed by atoms with Crippen molar-refractivity contribution in [3.05, 3.63) is 59.7 Å². The Morgan fingerprint density at radius 1 is 1.15 bits per heavy atom. The van der Waals surface area contributed by atoms with Gasteiger partial charge in [-0.3, -0.25) is 4.79 Å². The SMILES string of the molecule is CCc1ccc2nc(OCC(=O)O)cc(-c3cccc(C(N)=O)c3)c2c1. The number of amides is 1. The van der Waals surface area contributed by atoms with Gasteiger partial charge in [0, 0.05) is 17.0 Å². The molecule has 0 bridgehead atoms. The number of hydrogen-bond acceptors (Lipinski definition) is 4. The second-order valence-corrected chi connectivity index (χ2v) is 5.84. The Morgan fingerprint density at radius 3 is 2.65 bits per heavy atom. The zero-order chi connectivity index (χ0) is 18.7. The van der Waals surface area contributed by atoms with E-state index < -0.39 is 18.5 Å². The molecule has 0 aliphatic rings. The molecular weight excluding hydrogens is 332 g/mol. The number of ether oxygens (including phenoxy) is 1. The molecule has 1 amide bonds. The lowest BCUT2D eigenvalue weighted by molar-refractivity contribution is -0.139. The van der Waals surface area contributed by atoms with Crippen LogP contribution >= 0.6 is 0 Å². The van der Waals surface area contributed by atoms with E-state index in [0.717, 1.165) is 28.5 Å². The fourth-order valence-electron chi connectivity index (χ4n) is 2.76. The Morgan fingerprint density at radius 2 is 1.96 bits per heavy atom. The smallest absolute Gasteiger partial charge is 0.341 e. The number of nitrogens with zero attached hydrogens (tertiary/aromatic N) is 1. The first-order valence-electron chi connectivity index (χ1n) is 8.16. The van der Waals surface area contributed by atoms with Gasteiger partial charge in [-0.2, -0.15) is 0 Å². The minimum absolute atomic E-state index is 0.212. The van der Waals surface area contributed by atoms with Gasteiger partial charge >= 0.3 is 5.97 Å².